The van der Waals surface area contributed by atoms with Gasteiger partial charge in [-0.3, -0.25) is 0 Å². The highest BCUT2D eigenvalue weighted by molar-refractivity contribution is 5.58. The number of aromatic hydroxyl groups is 1. The van der Waals surface area contributed by atoms with Gasteiger partial charge in [-0.15, -0.1) is 0 Å². The Bertz CT molecular complexity index is 626. The Morgan fingerprint density at radius 2 is 1.95 bits per heavy atom. The molecule has 0 aliphatic heterocycles. The molecular formula is C17H22N2O2. The molecule has 0 aromatic heterocycles. The number of benzene rings is 2. The Morgan fingerprint density at radius 3 is 2.62 bits per heavy atom. The van der Waals surface area contributed by atoms with E-state index >= 15 is 0 Å². The minimum absolute atomic E-state index is 0.272. The molecule has 0 bridgehead atoms. The molecule has 3 N–H and O–H groups in total. The summed E-state index contributed by atoms with van der Waals surface area (Å²) in [5.74, 6) is 1.09. The lowest BCUT2D eigenvalue weighted by Crippen LogP contribution is -2.23. The van der Waals surface area contributed by atoms with Crippen LogP contribution in [0.4, 0.5) is 11.4 Å². The average Bonchev–Trinajstić information content (AvgIpc) is 2.47. The van der Waals surface area contributed by atoms with Crippen LogP contribution in [-0.4, -0.2) is 18.8 Å². The molecule has 0 saturated heterocycles. The maximum absolute atomic E-state index is 9.72. The van der Waals surface area contributed by atoms with Crippen LogP contribution in [0.2, 0.25) is 0 Å². The number of hydrogen-bond donors (Lipinski definition) is 2. The summed E-state index contributed by atoms with van der Waals surface area (Å²) in [5, 5.41) is 9.72. The van der Waals surface area contributed by atoms with Crippen LogP contribution in [-0.2, 0) is 6.54 Å². The van der Waals surface area contributed by atoms with Crippen LogP contribution in [0.25, 0.3) is 0 Å². The van der Waals surface area contributed by atoms with E-state index in [1.807, 2.05) is 31.2 Å². The lowest BCUT2D eigenvalue weighted by atomic mass is 10.1. The van der Waals surface area contributed by atoms with Crippen molar-refractivity contribution in [3.8, 4) is 11.5 Å². The number of nitrogens with two attached hydrogens (primary N) is 1. The van der Waals surface area contributed by atoms with E-state index < -0.39 is 0 Å². The van der Waals surface area contributed by atoms with Crippen molar-refractivity contribution in [2.75, 3.05) is 24.3 Å². The monoisotopic (exact) mass is 286 g/mol. The van der Waals surface area contributed by atoms with Crippen molar-refractivity contribution in [1.29, 1.82) is 0 Å². The van der Waals surface area contributed by atoms with Gasteiger partial charge in [-0.25, -0.2) is 0 Å². The van der Waals surface area contributed by atoms with Gasteiger partial charge in [-0.05, 0) is 43.7 Å². The van der Waals surface area contributed by atoms with E-state index in [1.165, 1.54) is 0 Å². The second-order valence-electron chi connectivity index (χ2n) is 5.06. The maximum atomic E-state index is 9.72. The molecule has 112 valence electrons. The fraction of sp³-hybridized carbons (Fsp3) is 0.294. The number of anilines is 2. The van der Waals surface area contributed by atoms with E-state index in [0.29, 0.717) is 6.54 Å². The highest BCUT2D eigenvalue weighted by Crippen LogP contribution is 2.29. The fourth-order valence-electron chi connectivity index (χ4n) is 2.43. The number of nitrogens with zero attached hydrogens (tertiary/aromatic N) is 1. The molecule has 4 heteroatoms. The number of hydrogen-bond acceptors (Lipinski definition) is 4. The first kappa shape index (κ1) is 15.0. The van der Waals surface area contributed by atoms with Crippen LogP contribution in [0.15, 0.2) is 36.4 Å². The summed E-state index contributed by atoms with van der Waals surface area (Å²) in [6.07, 6.45) is 0. The molecule has 0 spiro atoms. The zero-order valence-corrected chi connectivity index (χ0v) is 12.8. The molecule has 2 aromatic rings. The third kappa shape index (κ3) is 3.40. The summed E-state index contributed by atoms with van der Waals surface area (Å²) < 4.78 is 5.40. The summed E-state index contributed by atoms with van der Waals surface area (Å²) in [5.41, 5.74) is 9.76. The van der Waals surface area contributed by atoms with Crippen LogP contribution in [0.5, 0.6) is 11.5 Å². The fourth-order valence-corrected chi connectivity index (χ4v) is 2.43. The zero-order chi connectivity index (χ0) is 15.4. The molecular weight excluding hydrogens is 264 g/mol. The first-order valence-electron chi connectivity index (χ1n) is 7.02. The Morgan fingerprint density at radius 1 is 1.19 bits per heavy atom. The molecule has 2 rings (SSSR count). The van der Waals surface area contributed by atoms with Gasteiger partial charge in [0.1, 0.15) is 11.5 Å². The van der Waals surface area contributed by atoms with Gasteiger partial charge in [0.2, 0.25) is 0 Å². The molecule has 0 heterocycles. The molecule has 0 aliphatic rings. The third-order valence-electron chi connectivity index (χ3n) is 3.58. The summed E-state index contributed by atoms with van der Waals surface area (Å²) >= 11 is 0. The zero-order valence-electron chi connectivity index (χ0n) is 12.8. The van der Waals surface area contributed by atoms with Gasteiger partial charge >= 0.3 is 0 Å². The van der Waals surface area contributed by atoms with Crippen molar-refractivity contribution in [3.05, 3.63) is 47.5 Å². The van der Waals surface area contributed by atoms with Crippen LogP contribution in [0, 0.1) is 6.92 Å². The number of rotatable bonds is 5. The standard InChI is InChI=1S/C17H22N2O2/c1-4-19(16-10-15(20)7-5-12(16)2)11-13-9-14(18)6-8-17(13)21-3/h5-10,20H,4,11,18H2,1-3H3. The maximum Gasteiger partial charge on any atom is 0.123 e. The molecule has 0 radical (unpaired) electrons. The molecule has 0 fully saturated rings. The van der Waals surface area contributed by atoms with Gasteiger partial charge in [0.25, 0.3) is 0 Å². The van der Waals surface area contributed by atoms with Gasteiger partial charge in [0, 0.05) is 36.1 Å². The van der Waals surface area contributed by atoms with E-state index in [4.69, 9.17) is 10.5 Å². The largest absolute Gasteiger partial charge is 0.508 e. The number of phenolic OH excluding ortho intramolecular Hbond substituents is 1. The molecule has 0 amide bonds. The van der Waals surface area contributed by atoms with Crippen molar-refractivity contribution < 1.29 is 9.84 Å². The van der Waals surface area contributed by atoms with Crippen LogP contribution in [0.3, 0.4) is 0 Å². The second kappa shape index (κ2) is 6.39. The average molecular weight is 286 g/mol. The summed E-state index contributed by atoms with van der Waals surface area (Å²) in [4.78, 5) is 2.19. The van der Waals surface area contributed by atoms with E-state index in [1.54, 1.807) is 19.2 Å². The van der Waals surface area contributed by atoms with Gasteiger partial charge in [-0.2, -0.15) is 0 Å². The van der Waals surface area contributed by atoms with E-state index in [2.05, 4.69) is 11.8 Å². The predicted octanol–water partition coefficient (Wildman–Crippen LogP) is 3.32. The predicted molar refractivity (Wildman–Crippen MR) is 87.0 cm³/mol. The van der Waals surface area contributed by atoms with Crippen molar-refractivity contribution in [1.82, 2.24) is 0 Å². The minimum atomic E-state index is 0.272. The summed E-state index contributed by atoms with van der Waals surface area (Å²) in [6.45, 7) is 5.62. The van der Waals surface area contributed by atoms with Crippen molar-refractivity contribution in [2.24, 2.45) is 0 Å². The number of nitrogen functional groups attached to an aromatic ring is 1. The van der Waals surface area contributed by atoms with E-state index in [0.717, 1.165) is 34.8 Å². The lowest BCUT2D eigenvalue weighted by Gasteiger charge is -2.26. The minimum Gasteiger partial charge on any atom is -0.508 e. The molecule has 0 unspecified atom stereocenters. The van der Waals surface area contributed by atoms with Crippen LogP contribution in [0.1, 0.15) is 18.1 Å². The Labute approximate surface area is 125 Å². The first-order chi connectivity index (χ1) is 10.0. The molecule has 2 aromatic carbocycles. The normalized spacial score (nSPS) is 10.4. The SMILES string of the molecule is CCN(Cc1cc(N)ccc1OC)c1cc(O)ccc1C. The third-order valence-corrected chi connectivity index (χ3v) is 3.58. The van der Waals surface area contributed by atoms with Crippen molar-refractivity contribution >= 4 is 11.4 Å². The highest BCUT2D eigenvalue weighted by Gasteiger charge is 2.12. The highest BCUT2D eigenvalue weighted by atomic mass is 16.5. The first-order valence-corrected chi connectivity index (χ1v) is 7.02. The van der Waals surface area contributed by atoms with Gasteiger partial charge in [0.15, 0.2) is 0 Å². The molecule has 0 aliphatic carbocycles. The topological polar surface area (TPSA) is 58.7 Å². The molecule has 21 heavy (non-hydrogen) atoms. The Hall–Kier alpha value is -2.36. The summed E-state index contributed by atoms with van der Waals surface area (Å²) in [7, 11) is 1.66. The smallest absolute Gasteiger partial charge is 0.123 e. The van der Waals surface area contributed by atoms with Crippen LogP contribution < -0.4 is 15.4 Å². The van der Waals surface area contributed by atoms with Gasteiger partial charge < -0.3 is 20.5 Å². The van der Waals surface area contributed by atoms with Crippen molar-refractivity contribution in [2.45, 2.75) is 20.4 Å². The molecule has 0 atom stereocenters. The van der Waals surface area contributed by atoms with Crippen LogP contribution >= 0.6 is 0 Å². The summed E-state index contributed by atoms with van der Waals surface area (Å²) in [6, 6.07) is 11.1. The number of phenols is 1. The van der Waals surface area contributed by atoms with Gasteiger partial charge in [0.05, 0.1) is 7.11 Å². The number of aryl methyl sites for hydroxylation is 1. The lowest BCUT2D eigenvalue weighted by molar-refractivity contribution is 0.409. The van der Waals surface area contributed by atoms with Crippen molar-refractivity contribution in [3.63, 3.8) is 0 Å². The Kier molecular flexibility index (Phi) is 4.58. The number of methoxy groups -OCH3 is 1. The molecule has 4 nitrogen and oxygen atoms in total. The quantitative estimate of drug-likeness (QED) is 0.828. The Balaban J connectivity index is 2.35. The second-order valence-corrected chi connectivity index (χ2v) is 5.06. The molecule has 0 saturated carbocycles. The van der Waals surface area contributed by atoms with Gasteiger partial charge in [-0.1, -0.05) is 6.07 Å². The van der Waals surface area contributed by atoms with E-state index in [9.17, 15) is 5.11 Å². The van der Waals surface area contributed by atoms with E-state index in [-0.39, 0.29) is 5.75 Å². The number of ether oxygens (including phenoxy) is 1.